The molecule has 21 heavy (non-hydrogen) atoms. The maximum absolute atomic E-state index is 13.4. The Morgan fingerprint density at radius 1 is 1.29 bits per heavy atom. The van der Waals surface area contributed by atoms with E-state index in [2.05, 4.69) is 4.98 Å². The van der Waals surface area contributed by atoms with Crippen LogP contribution in [0.25, 0.3) is 11.4 Å². The average molecular weight is 298 g/mol. The predicted molar refractivity (Wildman–Crippen MR) is 70.2 cm³/mol. The van der Waals surface area contributed by atoms with Gasteiger partial charge in [-0.15, -0.1) is 0 Å². The van der Waals surface area contributed by atoms with Gasteiger partial charge >= 0.3 is 6.18 Å². The van der Waals surface area contributed by atoms with Crippen LogP contribution in [0.2, 0.25) is 0 Å². The van der Waals surface area contributed by atoms with Crippen molar-refractivity contribution in [2.24, 2.45) is 5.92 Å². The zero-order chi connectivity index (χ0) is 15.2. The van der Waals surface area contributed by atoms with E-state index in [1.54, 1.807) is 13.0 Å². The van der Waals surface area contributed by atoms with E-state index in [4.69, 9.17) is 0 Å². The predicted octanol–water partition coefficient (Wildman–Crippen LogP) is 4.51. The minimum absolute atomic E-state index is 0.168. The zero-order valence-corrected chi connectivity index (χ0v) is 11.4. The first-order chi connectivity index (χ1) is 9.86. The molecule has 1 aromatic carbocycles. The smallest absolute Gasteiger partial charge is 0.318 e. The van der Waals surface area contributed by atoms with Crippen molar-refractivity contribution in [3.05, 3.63) is 42.0 Å². The molecule has 1 atom stereocenters. The Kier molecular flexibility index (Phi) is 3.26. The van der Waals surface area contributed by atoms with E-state index in [1.165, 1.54) is 24.4 Å². The lowest BCUT2D eigenvalue weighted by Gasteiger charge is -2.23. The van der Waals surface area contributed by atoms with Crippen molar-refractivity contribution < 1.29 is 17.6 Å². The maximum atomic E-state index is 13.4. The molecule has 0 radical (unpaired) electrons. The fourth-order valence-corrected chi connectivity index (χ4v) is 2.63. The number of benzene rings is 1. The van der Waals surface area contributed by atoms with Gasteiger partial charge < -0.3 is 4.57 Å². The van der Waals surface area contributed by atoms with E-state index in [0.29, 0.717) is 24.1 Å². The Labute approximate surface area is 119 Å². The highest BCUT2D eigenvalue weighted by molar-refractivity contribution is 5.56. The van der Waals surface area contributed by atoms with Crippen LogP contribution in [-0.2, 0) is 0 Å². The summed E-state index contributed by atoms with van der Waals surface area (Å²) in [6, 6.07) is 3.92. The number of halogens is 4. The zero-order valence-electron chi connectivity index (χ0n) is 11.4. The molecule has 112 valence electrons. The van der Waals surface area contributed by atoms with E-state index in [0.717, 1.165) is 4.57 Å². The molecule has 0 N–H and O–H groups in total. The summed E-state index contributed by atoms with van der Waals surface area (Å²) in [6.07, 6.45) is -1.82. The summed E-state index contributed by atoms with van der Waals surface area (Å²) in [5.41, 5.74) is 0.849. The number of rotatable bonds is 3. The third-order valence-corrected chi connectivity index (χ3v) is 3.64. The van der Waals surface area contributed by atoms with Crippen molar-refractivity contribution in [1.82, 2.24) is 9.55 Å². The van der Waals surface area contributed by atoms with E-state index >= 15 is 0 Å². The van der Waals surface area contributed by atoms with Gasteiger partial charge in [-0.1, -0.05) is 12.1 Å². The minimum atomic E-state index is -4.34. The third kappa shape index (κ3) is 2.80. The highest BCUT2D eigenvalue weighted by Crippen LogP contribution is 2.49. The van der Waals surface area contributed by atoms with Gasteiger partial charge in [0.05, 0.1) is 5.69 Å². The molecule has 1 fully saturated rings. The first kappa shape index (κ1) is 14.1. The van der Waals surface area contributed by atoms with Crippen LogP contribution < -0.4 is 0 Å². The molecule has 2 nitrogen and oxygen atoms in total. The van der Waals surface area contributed by atoms with Gasteiger partial charge in [0.15, 0.2) is 0 Å². The lowest BCUT2D eigenvalue weighted by molar-refractivity contribution is -0.172. The second-order valence-corrected chi connectivity index (χ2v) is 5.45. The molecule has 0 bridgehead atoms. The van der Waals surface area contributed by atoms with Crippen LogP contribution >= 0.6 is 0 Å². The second kappa shape index (κ2) is 4.86. The van der Waals surface area contributed by atoms with Gasteiger partial charge in [0.1, 0.15) is 17.7 Å². The lowest BCUT2D eigenvalue weighted by Crippen LogP contribution is -2.28. The van der Waals surface area contributed by atoms with E-state index in [-0.39, 0.29) is 5.82 Å². The largest absolute Gasteiger partial charge is 0.409 e. The summed E-state index contributed by atoms with van der Waals surface area (Å²) in [6.45, 7) is 1.64. The quantitative estimate of drug-likeness (QED) is 0.762. The maximum Gasteiger partial charge on any atom is 0.409 e. The van der Waals surface area contributed by atoms with Crippen LogP contribution in [0.1, 0.15) is 24.6 Å². The van der Waals surface area contributed by atoms with Crippen LogP contribution in [0.5, 0.6) is 0 Å². The number of alkyl halides is 3. The van der Waals surface area contributed by atoms with Gasteiger partial charge in [0, 0.05) is 11.8 Å². The molecule has 1 heterocycles. The molecule has 3 rings (SSSR count). The van der Waals surface area contributed by atoms with Gasteiger partial charge in [0.25, 0.3) is 0 Å². The Hall–Kier alpha value is -1.85. The van der Waals surface area contributed by atoms with Crippen molar-refractivity contribution in [1.29, 1.82) is 0 Å². The van der Waals surface area contributed by atoms with E-state index in [9.17, 15) is 17.6 Å². The first-order valence-electron chi connectivity index (χ1n) is 6.74. The number of hydrogen-bond donors (Lipinski definition) is 0. The minimum Gasteiger partial charge on any atom is -0.318 e. The molecule has 0 amide bonds. The molecule has 1 aliphatic rings. The highest BCUT2D eigenvalue weighted by atomic mass is 19.4. The first-order valence-corrected chi connectivity index (χ1v) is 6.74. The van der Waals surface area contributed by atoms with Crippen molar-refractivity contribution in [2.45, 2.75) is 32.0 Å². The van der Waals surface area contributed by atoms with Crippen molar-refractivity contribution in [3.63, 3.8) is 0 Å². The topological polar surface area (TPSA) is 17.8 Å². The number of aromatic nitrogens is 2. The van der Waals surface area contributed by atoms with Gasteiger partial charge in [-0.3, -0.25) is 0 Å². The molecule has 0 saturated heterocycles. The van der Waals surface area contributed by atoms with Crippen molar-refractivity contribution in [2.75, 3.05) is 0 Å². The Balaban J connectivity index is 2.11. The van der Waals surface area contributed by atoms with Crippen molar-refractivity contribution >= 4 is 0 Å². The standard InChI is InChI=1S/C15H14F4N2/c1-9-8-21(13(10-5-6-10)15(17,18)19)14(20-9)11-3-2-4-12(16)7-11/h2-4,7-8,10,13H,5-6H2,1H3/t13-/m1/s1. The van der Waals surface area contributed by atoms with Gasteiger partial charge in [0.2, 0.25) is 0 Å². The molecule has 0 spiro atoms. The normalized spacial score (nSPS) is 17.0. The molecule has 0 unspecified atom stereocenters. The lowest BCUT2D eigenvalue weighted by atomic mass is 10.1. The molecule has 0 aliphatic heterocycles. The van der Waals surface area contributed by atoms with Crippen LogP contribution in [0, 0.1) is 18.7 Å². The van der Waals surface area contributed by atoms with E-state index in [1.807, 2.05) is 0 Å². The summed E-state index contributed by atoms with van der Waals surface area (Å²) >= 11 is 0. The molecule has 6 heteroatoms. The van der Waals surface area contributed by atoms with E-state index < -0.39 is 24.0 Å². The van der Waals surface area contributed by atoms with Gasteiger partial charge in [-0.25, -0.2) is 9.37 Å². The second-order valence-electron chi connectivity index (χ2n) is 5.45. The van der Waals surface area contributed by atoms with Crippen LogP contribution in [0.15, 0.2) is 30.5 Å². The highest BCUT2D eigenvalue weighted by Gasteiger charge is 2.50. The third-order valence-electron chi connectivity index (χ3n) is 3.64. The monoisotopic (exact) mass is 298 g/mol. The van der Waals surface area contributed by atoms with Crippen LogP contribution in [-0.4, -0.2) is 15.7 Å². The number of aryl methyl sites for hydroxylation is 1. The summed E-state index contributed by atoms with van der Waals surface area (Å²) in [5, 5.41) is 0. The van der Waals surface area contributed by atoms with Crippen molar-refractivity contribution in [3.8, 4) is 11.4 Å². The molecule has 2 aromatic rings. The number of nitrogens with zero attached hydrogens (tertiary/aromatic N) is 2. The van der Waals surface area contributed by atoms with Crippen LogP contribution in [0.4, 0.5) is 17.6 Å². The van der Waals surface area contributed by atoms with Gasteiger partial charge in [-0.2, -0.15) is 13.2 Å². The molecule has 1 saturated carbocycles. The average Bonchev–Trinajstić information content (AvgIpc) is 3.11. The van der Waals surface area contributed by atoms with Crippen LogP contribution in [0.3, 0.4) is 0 Å². The summed E-state index contributed by atoms with van der Waals surface area (Å²) < 4.78 is 54.6. The summed E-state index contributed by atoms with van der Waals surface area (Å²) in [4.78, 5) is 4.16. The molecular weight excluding hydrogens is 284 g/mol. The Bertz CT molecular complexity index is 656. The molecular formula is C15H14F4N2. The number of hydrogen-bond acceptors (Lipinski definition) is 1. The fraction of sp³-hybridized carbons (Fsp3) is 0.400. The SMILES string of the molecule is Cc1cn([C@H](C2CC2)C(F)(F)F)c(-c2cccc(F)c2)n1. The molecule has 1 aliphatic carbocycles. The summed E-state index contributed by atoms with van der Waals surface area (Å²) in [5.74, 6) is -0.734. The van der Waals surface area contributed by atoms with Gasteiger partial charge in [-0.05, 0) is 37.8 Å². The summed E-state index contributed by atoms with van der Waals surface area (Å²) in [7, 11) is 0. The molecule has 1 aromatic heterocycles. The Morgan fingerprint density at radius 3 is 2.57 bits per heavy atom. The number of imidazole rings is 1. The fourth-order valence-electron chi connectivity index (χ4n) is 2.63. The Morgan fingerprint density at radius 2 is 2.00 bits per heavy atom.